The van der Waals surface area contributed by atoms with Gasteiger partial charge in [-0.2, -0.15) is 0 Å². The van der Waals surface area contributed by atoms with E-state index >= 15 is 0 Å². The summed E-state index contributed by atoms with van der Waals surface area (Å²) in [7, 11) is 13.8. The lowest BCUT2D eigenvalue weighted by atomic mass is 10.0. The summed E-state index contributed by atoms with van der Waals surface area (Å²) in [6.07, 6.45) is 47.5. The van der Waals surface area contributed by atoms with Crippen LogP contribution in [0.5, 0.6) is 0 Å². The number of aliphatic carboxylic acids is 2. The number of carboxylic acids is 2. The van der Waals surface area contributed by atoms with Crippen LogP contribution in [-0.4, -0.2) is 76.3 Å². The first-order valence-electron chi connectivity index (χ1n) is 22.5. The van der Waals surface area contributed by atoms with E-state index in [1.165, 1.54) is 219 Å². The quantitative estimate of drug-likeness (QED) is 0.0364. The number of nitrogens with zero attached hydrogens (tertiary/aromatic N) is 2. The van der Waals surface area contributed by atoms with Crippen LogP contribution in [0, 0.1) is 0 Å². The second kappa shape index (κ2) is 42.3. The van der Waals surface area contributed by atoms with E-state index in [0.717, 1.165) is 8.97 Å². The zero-order valence-corrected chi connectivity index (χ0v) is 36.7. The van der Waals surface area contributed by atoms with E-state index in [2.05, 4.69) is 56.1 Å². The third-order valence-corrected chi connectivity index (χ3v) is 9.72. The summed E-state index contributed by atoms with van der Waals surface area (Å²) < 4.78 is 2.25. The Hall–Kier alpha value is -1.40. The van der Waals surface area contributed by atoms with E-state index in [1.807, 2.05) is 0 Å². The highest BCUT2D eigenvalue weighted by atomic mass is 16.4. The van der Waals surface area contributed by atoms with Gasteiger partial charge in [0.05, 0.1) is 67.3 Å². The summed E-state index contributed by atoms with van der Waals surface area (Å²) in [5.74, 6) is -3.09. The van der Waals surface area contributed by atoms with Gasteiger partial charge < -0.3 is 28.8 Å². The van der Waals surface area contributed by atoms with E-state index in [-0.39, 0.29) is 0 Å². The van der Waals surface area contributed by atoms with E-state index in [0.29, 0.717) is 12.2 Å². The number of quaternary nitrogens is 2. The average molecular weight is 739 g/mol. The number of carbonyl (C=O) groups is 2. The molecular weight excluding hydrogens is 645 g/mol. The van der Waals surface area contributed by atoms with Gasteiger partial charge in [0.15, 0.2) is 0 Å². The minimum atomic E-state index is -1.55. The van der Waals surface area contributed by atoms with Crippen molar-refractivity contribution in [3.63, 3.8) is 0 Å². The van der Waals surface area contributed by atoms with E-state index in [4.69, 9.17) is 0 Å². The molecule has 6 heteroatoms. The Morgan fingerprint density at radius 3 is 0.615 bits per heavy atom. The summed E-state index contributed by atoms with van der Waals surface area (Å²) in [5, 5.41) is 18.8. The molecule has 0 aliphatic carbocycles. The van der Waals surface area contributed by atoms with Crippen molar-refractivity contribution >= 4 is 11.9 Å². The molecule has 0 aromatic heterocycles. The molecule has 312 valence electrons. The molecule has 0 rings (SSSR count). The molecule has 0 bridgehead atoms. The van der Waals surface area contributed by atoms with E-state index in [9.17, 15) is 19.8 Å². The van der Waals surface area contributed by atoms with Crippen molar-refractivity contribution in [2.75, 3.05) is 55.4 Å². The average Bonchev–Trinajstić information content (AvgIpc) is 3.06. The number of carboxylic acid groups (broad SMARTS) is 2. The minimum absolute atomic E-state index is 0.384. The van der Waals surface area contributed by atoms with Crippen LogP contribution in [0.2, 0.25) is 0 Å². The van der Waals surface area contributed by atoms with Gasteiger partial charge >= 0.3 is 0 Å². The van der Waals surface area contributed by atoms with E-state index < -0.39 is 11.9 Å². The lowest BCUT2D eigenvalue weighted by Crippen LogP contribution is -2.35. The fourth-order valence-corrected chi connectivity index (χ4v) is 6.40. The normalized spacial score (nSPS) is 11.6. The highest BCUT2D eigenvalue weighted by Crippen LogP contribution is 2.15. The molecule has 0 aliphatic rings. The van der Waals surface area contributed by atoms with Gasteiger partial charge in [0, 0.05) is 0 Å². The predicted molar refractivity (Wildman–Crippen MR) is 224 cm³/mol. The van der Waals surface area contributed by atoms with Crippen LogP contribution in [0.4, 0.5) is 0 Å². The molecule has 0 radical (unpaired) electrons. The first-order valence-corrected chi connectivity index (χ1v) is 22.5. The Kier molecular flexibility index (Phi) is 44.7. The van der Waals surface area contributed by atoms with Crippen molar-refractivity contribution < 1.29 is 28.8 Å². The summed E-state index contributed by atoms with van der Waals surface area (Å²) in [6, 6.07) is 0. The molecular formula is C46H94N2O4. The zero-order valence-electron chi connectivity index (χ0n) is 36.7. The van der Waals surface area contributed by atoms with Crippen LogP contribution >= 0.6 is 0 Å². The van der Waals surface area contributed by atoms with Crippen molar-refractivity contribution in [1.82, 2.24) is 0 Å². The summed E-state index contributed by atoms with van der Waals surface area (Å²) in [4.78, 5) is 18.8. The molecule has 0 heterocycles. The molecule has 0 fully saturated rings. The van der Waals surface area contributed by atoms with Crippen molar-refractivity contribution in [2.24, 2.45) is 0 Å². The fourth-order valence-electron chi connectivity index (χ4n) is 6.40. The Labute approximate surface area is 326 Å². The highest BCUT2D eigenvalue weighted by Gasteiger charge is 2.06. The lowest BCUT2D eigenvalue weighted by molar-refractivity contribution is -0.870. The number of carbonyl (C=O) groups excluding carboxylic acids is 2. The van der Waals surface area contributed by atoms with Crippen LogP contribution in [0.3, 0.4) is 0 Å². The predicted octanol–water partition coefficient (Wildman–Crippen LogP) is 11.0. The maximum Gasteiger partial charge on any atom is 0.0780 e. The summed E-state index contributed by atoms with van der Waals surface area (Å²) in [5.41, 5.74) is 0. The third-order valence-electron chi connectivity index (χ3n) is 9.72. The first-order chi connectivity index (χ1) is 24.7. The molecule has 0 aromatic rings. The standard InChI is InChI=1S/2C21H46N.C4H4O4/c2*1-5-6-7-8-9-10-11-12-13-14-15-16-17-18-19-20-21-22(2,3)4;5-3(6)1-2-4(7)8/h2*5-21H2,1-4H3;1-2H,(H,5,6)(H,7,8)/q2*+1;/p-2. The number of hydrogen-bond donors (Lipinski definition) is 0. The van der Waals surface area contributed by atoms with Gasteiger partial charge in [-0.1, -0.05) is 194 Å². The van der Waals surface area contributed by atoms with Crippen LogP contribution in [0.25, 0.3) is 0 Å². The topological polar surface area (TPSA) is 80.3 Å². The van der Waals surface area contributed by atoms with Gasteiger partial charge in [0.2, 0.25) is 0 Å². The molecule has 0 atom stereocenters. The van der Waals surface area contributed by atoms with Gasteiger partial charge in [-0.25, -0.2) is 0 Å². The Morgan fingerprint density at radius 1 is 0.327 bits per heavy atom. The molecule has 0 saturated heterocycles. The summed E-state index contributed by atoms with van der Waals surface area (Å²) >= 11 is 0. The number of unbranched alkanes of at least 4 members (excludes halogenated alkanes) is 30. The van der Waals surface area contributed by atoms with Crippen LogP contribution in [0.15, 0.2) is 12.2 Å². The first kappa shape index (κ1) is 54.9. The molecule has 6 nitrogen and oxygen atoms in total. The van der Waals surface area contributed by atoms with Gasteiger partial charge in [0.1, 0.15) is 0 Å². The Bertz CT molecular complexity index is 692. The third kappa shape index (κ3) is 63.6. The molecule has 0 N–H and O–H groups in total. The highest BCUT2D eigenvalue weighted by molar-refractivity contribution is 5.87. The molecule has 0 unspecified atom stereocenters. The zero-order chi connectivity index (χ0) is 39.6. The van der Waals surface area contributed by atoms with Gasteiger partial charge in [-0.05, 0) is 37.8 Å². The van der Waals surface area contributed by atoms with Crippen molar-refractivity contribution in [2.45, 2.75) is 219 Å². The Morgan fingerprint density at radius 2 is 0.481 bits per heavy atom. The molecule has 0 aromatic carbocycles. The maximum absolute atomic E-state index is 9.41. The largest absolute Gasteiger partial charge is 0.545 e. The second-order valence-electron chi connectivity index (χ2n) is 17.6. The van der Waals surface area contributed by atoms with Crippen molar-refractivity contribution in [3.05, 3.63) is 12.2 Å². The SMILES string of the molecule is CCCCCCCCCCCCCCCCCC[N+](C)(C)C.CCCCCCCCCCCCCCCCCC[N+](C)(C)C.O=C([O-])C=CC(=O)[O-]. The molecule has 0 amide bonds. The van der Waals surface area contributed by atoms with Crippen LogP contribution in [-0.2, 0) is 9.59 Å². The molecule has 0 spiro atoms. The smallest absolute Gasteiger partial charge is 0.0780 e. The molecule has 52 heavy (non-hydrogen) atoms. The van der Waals surface area contributed by atoms with Gasteiger partial charge in [-0.15, -0.1) is 0 Å². The minimum Gasteiger partial charge on any atom is -0.545 e. The molecule has 0 saturated carbocycles. The van der Waals surface area contributed by atoms with Crippen molar-refractivity contribution in [3.8, 4) is 0 Å². The van der Waals surface area contributed by atoms with Crippen molar-refractivity contribution in [1.29, 1.82) is 0 Å². The number of hydrogen-bond acceptors (Lipinski definition) is 4. The lowest BCUT2D eigenvalue weighted by Gasteiger charge is -2.23. The van der Waals surface area contributed by atoms with Gasteiger partial charge in [0.25, 0.3) is 0 Å². The Balaban J connectivity index is -0.000000764. The summed E-state index contributed by atoms with van der Waals surface area (Å²) in [6.45, 7) is 7.26. The van der Waals surface area contributed by atoms with Crippen LogP contribution < -0.4 is 10.2 Å². The van der Waals surface area contributed by atoms with Crippen LogP contribution in [0.1, 0.15) is 219 Å². The fraction of sp³-hybridized carbons (Fsp3) is 0.913. The maximum atomic E-state index is 9.41. The second-order valence-corrected chi connectivity index (χ2v) is 17.6. The monoisotopic (exact) mass is 739 g/mol. The molecule has 0 aliphatic heterocycles. The van der Waals surface area contributed by atoms with Gasteiger partial charge in [-0.3, -0.25) is 0 Å². The van der Waals surface area contributed by atoms with E-state index in [1.54, 1.807) is 0 Å². The number of rotatable bonds is 36.